The minimum atomic E-state index is -1.34. The number of hydrogen-bond acceptors (Lipinski definition) is 9. The van der Waals surface area contributed by atoms with Crippen LogP contribution in [0.2, 0.25) is 0 Å². The van der Waals surface area contributed by atoms with Gasteiger partial charge in [-0.3, -0.25) is 20.4 Å². The van der Waals surface area contributed by atoms with Gasteiger partial charge >= 0.3 is 18.2 Å². The van der Waals surface area contributed by atoms with E-state index in [1.54, 1.807) is 47.6 Å². The zero-order chi connectivity index (χ0) is 29.8. The van der Waals surface area contributed by atoms with Crippen LogP contribution in [0.5, 0.6) is 5.75 Å². The zero-order valence-corrected chi connectivity index (χ0v) is 22.8. The second-order valence-corrected chi connectivity index (χ2v) is 10.3. The SMILES string of the molecule is CC(C)(C)OC(=O)NC(=NCCCC(NC(=O)C(C#N)=Cc1ccc(O)cc1)C(=O)O)NC(=O)OC(C)(C)C. The fourth-order valence-corrected chi connectivity index (χ4v) is 2.78. The van der Waals surface area contributed by atoms with Gasteiger partial charge in [0.05, 0.1) is 0 Å². The van der Waals surface area contributed by atoms with Gasteiger partial charge in [-0.25, -0.2) is 14.4 Å². The number of carboxylic acid groups (broad SMARTS) is 1. The summed E-state index contributed by atoms with van der Waals surface area (Å²) in [4.78, 5) is 52.6. The first-order valence-electron chi connectivity index (χ1n) is 12.0. The maximum atomic E-state index is 12.5. The average Bonchev–Trinajstić information content (AvgIpc) is 2.77. The molecule has 0 aliphatic rings. The third-order valence-corrected chi connectivity index (χ3v) is 4.33. The van der Waals surface area contributed by atoms with Gasteiger partial charge in [0.25, 0.3) is 5.91 Å². The number of aliphatic imine (C=N–C) groups is 1. The van der Waals surface area contributed by atoms with E-state index in [-0.39, 0.29) is 36.7 Å². The molecule has 1 aromatic rings. The lowest BCUT2D eigenvalue weighted by Crippen LogP contribution is -2.47. The molecule has 1 unspecified atom stereocenters. The van der Waals surface area contributed by atoms with Crippen molar-refractivity contribution in [2.24, 2.45) is 4.99 Å². The number of aliphatic carboxylic acids is 1. The van der Waals surface area contributed by atoms with Crippen LogP contribution in [0.4, 0.5) is 9.59 Å². The Morgan fingerprint density at radius 1 is 1.00 bits per heavy atom. The molecule has 0 saturated carbocycles. The Morgan fingerprint density at radius 2 is 1.51 bits per heavy atom. The number of guanidine groups is 1. The van der Waals surface area contributed by atoms with Gasteiger partial charge in [-0.15, -0.1) is 0 Å². The molecule has 0 aromatic heterocycles. The normalized spacial score (nSPS) is 12.3. The lowest BCUT2D eigenvalue weighted by atomic mass is 10.1. The summed E-state index contributed by atoms with van der Waals surface area (Å²) in [5.74, 6) is -2.47. The smallest absolute Gasteiger partial charge is 0.414 e. The molecule has 0 spiro atoms. The Morgan fingerprint density at radius 3 is 1.95 bits per heavy atom. The fourth-order valence-electron chi connectivity index (χ4n) is 2.78. The summed E-state index contributed by atoms with van der Waals surface area (Å²) < 4.78 is 10.3. The maximum absolute atomic E-state index is 12.5. The summed E-state index contributed by atoms with van der Waals surface area (Å²) in [6.45, 7) is 9.89. The van der Waals surface area contributed by atoms with E-state index in [1.165, 1.54) is 30.3 Å². The summed E-state index contributed by atoms with van der Waals surface area (Å²) in [7, 11) is 0. The number of phenolic OH excluding ortho intramolecular Hbond substituents is 1. The molecule has 0 aliphatic heterocycles. The van der Waals surface area contributed by atoms with Gasteiger partial charge in [0.1, 0.15) is 34.6 Å². The third kappa shape index (κ3) is 14.1. The predicted octanol–water partition coefficient (Wildman–Crippen LogP) is 3.05. The third-order valence-electron chi connectivity index (χ3n) is 4.33. The van der Waals surface area contributed by atoms with Crippen LogP contribution >= 0.6 is 0 Å². The summed E-state index contributed by atoms with van der Waals surface area (Å²) >= 11 is 0. The molecule has 212 valence electrons. The van der Waals surface area contributed by atoms with Crippen molar-refractivity contribution in [1.29, 1.82) is 5.26 Å². The first-order chi connectivity index (χ1) is 18.0. The Bertz CT molecular complexity index is 1110. The first-order valence-corrected chi connectivity index (χ1v) is 12.0. The fraction of sp³-hybridized carbons (Fsp3) is 0.462. The van der Waals surface area contributed by atoms with Crippen molar-refractivity contribution >= 4 is 36.1 Å². The van der Waals surface area contributed by atoms with Gasteiger partial charge in [0.15, 0.2) is 0 Å². The van der Waals surface area contributed by atoms with Gasteiger partial charge < -0.3 is 25.0 Å². The highest BCUT2D eigenvalue weighted by atomic mass is 16.6. The van der Waals surface area contributed by atoms with Crippen LogP contribution in [0.3, 0.4) is 0 Å². The van der Waals surface area contributed by atoms with Crippen LogP contribution in [0.1, 0.15) is 59.9 Å². The van der Waals surface area contributed by atoms with E-state index in [9.17, 15) is 34.7 Å². The van der Waals surface area contributed by atoms with E-state index < -0.39 is 41.3 Å². The highest BCUT2D eigenvalue weighted by Gasteiger charge is 2.23. The molecule has 1 rings (SSSR count). The Hall–Kier alpha value is -4.60. The van der Waals surface area contributed by atoms with Crippen LogP contribution in [-0.4, -0.2) is 64.0 Å². The minimum absolute atomic E-state index is 0.00876. The van der Waals surface area contributed by atoms with Crippen LogP contribution < -0.4 is 16.0 Å². The molecule has 0 bridgehead atoms. The summed E-state index contributed by atoms with van der Waals surface area (Å²) in [6.07, 6.45) is -0.449. The summed E-state index contributed by atoms with van der Waals surface area (Å²) in [5, 5.41) is 35.2. The molecule has 0 saturated heterocycles. The topological polar surface area (TPSA) is 199 Å². The highest BCUT2D eigenvalue weighted by molar-refractivity contribution is 6.03. The number of nitrogens with zero attached hydrogens (tertiary/aromatic N) is 2. The van der Waals surface area contributed by atoms with Crippen LogP contribution in [-0.2, 0) is 19.1 Å². The summed E-state index contributed by atoms with van der Waals surface area (Å²) in [5.41, 5.74) is -1.49. The molecule has 0 fully saturated rings. The monoisotopic (exact) mass is 545 g/mol. The quantitative estimate of drug-likeness (QED) is 0.107. The molecular weight excluding hydrogens is 510 g/mol. The number of nitrogens with one attached hydrogen (secondary N) is 3. The van der Waals surface area contributed by atoms with Crippen molar-refractivity contribution in [3.8, 4) is 11.8 Å². The number of phenols is 1. The van der Waals surface area contributed by atoms with Gasteiger partial charge in [0.2, 0.25) is 5.96 Å². The molecule has 1 aromatic carbocycles. The molecule has 0 aliphatic carbocycles. The van der Waals surface area contributed by atoms with Crippen molar-refractivity contribution in [1.82, 2.24) is 16.0 Å². The van der Waals surface area contributed by atoms with E-state index in [0.717, 1.165) is 0 Å². The molecule has 13 nitrogen and oxygen atoms in total. The Kier molecular flexibility index (Phi) is 11.9. The summed E-state index contributed by atoms with van der Waals surface area (Å²) in [6, 6.07) is 6.11. The second-order valence-electron chi connectivity index (χ2n) is 10.3. The highest BCUT2D eigenvalue weighted by Crippen LogP contribution is 2.13. The number of amides is 3. The van der Waals surface area contributed by atoms with Crippen molar-refractivity contribution in [3.63, 3.8) is 0 Å². The molecule has 3 amide bonds. The molecular formula is C26H35N5O8. The van der Waals surface area contributed by atoms with E-state index in [4.69, 9.17) is 9.47 Å². The average molecular weight is 546 g/mol. The van der Waals surface area contributed by atoms with Crippen molar-refractivity contribution in [2.45, 2.75) is 71.6 Å². The molecule has 1 atom stereocenters. The second kappa shape index (κ2) is 14.4. The van der Waals surface area contributed by atoms with Gasteiger partial charge in [-0.2, -0.15) is 5.26 Å². The number of benzene rings is 1. The van der Waals surface area contributed by atoms with Gasteiger partial charge in [-0.1, -0.05) is 12.1 Å². The minimum Gasteiger partial charge on any atom is -0.508 e. The number of carboxylic acids is 1. The lowest BCUT2D eigenvalue weighted by Gasteiger charge is -2.22. The standard InChI is InChI=1S/C26H35N5O8/c1-25(2,3)38-23(36)30-22(31-24(37)39-26(4,5)6)28-13-7-8-19(21(34)35)29-20(33)17(15-27)14-16-9-11-18(32)12-10-16/h9-12,14,19,32H,7-8,13H2,1-6H3,(H,29,33)(H,34,35)(H2,28,30,31,36,37). The van der Waals surface area contributed by atoms with Crippen molar-refractivity contribution < 1.29 is 38.9 Å². The number of carbonyl (C=O) groups is 4. The molecule has 0 radical (unpaired) electrons. The van der Waals surface area contributed by atoms with Crippen LogP contribution in [0.25, 0.3) is 6.08 Å². The number of ether oxygens (including phenoxy) is 2. The molecule has 13 heteroatoms. The van der Waals surface area contributed by atoms with Crippen LogP contribution in [0, 0.1) is 11.3 Å². The molecule has 5 N–H and O–H groups in total. The van der Waals surface area contributed by atoms with Gasteiger partial charge in [0, 0.05) is 6.54 Å². The Labute approximate surface area is 226 Å². The first kappa shape index (κ1) is 32.4. The number of rotatable bonds is 8. The number of carbonyl (C=O) groups excluding carboxylic acids is 3. The van der Waals surface area contributed by atoms with Crippen LogP contribution in [0.15, 0.2) is 34.8 Å². The van der Waals surface area contributed by atoms with E-state index >= 15 is 0 Å². The van der Waals surface area contributed by atoms with E-state index in [2.05, 4.69) is 20.9 Å². The number of aromatic hydroxyl groups is 1. The number of nitriles is 1. The van der Waals surface area contributed by atoms with Crippen molar-refractivity contribution in [2.75, 3.05) is 6.54 Å². The number of hydrogen-bond donors (Lipinski definition) is 5. The lowest BCUT2D eigenvalue weighted by molar-refractivity contribution is -0.141. The van der Waals surface area contributed by atoms with E-state index in [0.29, 0.717) is 5.56 Å². The molecule has 39 heavy (non-hydrogen) atoms. The molecule has 0 heterocycles. The Balaban J connectivity index is 2.88. The predicted molar refractivity (Wildman–Crippen MR) is 142 cm³/mol. The maximum Gasteiger partial charge on any atom is 0.414 e. The van der Waals surface area contributed by atoms with Gasteiger partial charge in [-0.05, 0) is 78.2 Å². The largest absolute Gasteiger partial charge is 0.508 e. The van der Waals surface area contributed by atoms with E-state index in [1.807, 2.05) is 0 Å². The zero-order valence-electron chi connectivity index (χ0n) is 22.8. The van der Waals surface area contributed by atoms with Crippen molar-refractivity contribution in [3.05, 3.63) is 35.4 Å². The number of alkyl carbamates (subject to hydrolysis) is 2.